The molecule has 2 saturated heterocycles. The Hall–Kier alpha value is -1.88. The predicted molar refractivity (Wildman–Crippen MR) is 90.3 cm³/mol. The van der Waals surface area contributed by atoms with E-state index < -0.39 is 0 Å². The fraction of sp³-hybridized carbons (Fsp3) is 0.556. The van der Waals surface area contributed by atoms with Gasteiger partial charge in [-0.1, -0.05) is 12.1 Å². The minimum absolute atomic E-state index is 0.183. The Morgan fingerprint density at radius 2 is 1.70 bits per heavy atom. The van der Waals surface area contributed by atoms with Crippen molar-refractivity contribution in [3.8, 4) is 0 Å². The smallest absolute Gasteiger partial charge is 0.249 e. The molecule has 124 valence electrons. The molecular formula is C18H25N3O2. The molecule has 0 aromatic heterocycles. The number of nitrogens with one attached hydrogen (secondary N) is 3. The highest BCUT2D eigenvalue weighted by Crippen LogP contribution is 2.31. The third-order valence-electron chi connectivity index (χ3n) is 4.81. The molecule has 2 fully saturated rings. The van der Waals surface area contributed by atoms with E-state index in [0.29, 0.717) is 30.8 Å². The van der Waals surface area contributed by atoms with E-state index in [1.165, 1.54) is 5.56 Å². The van der Waals surface area contributed by atoms with E-state index in [2.05, 4.69) is 41.9 Å². The topological polar surface area (TPSA) is 70.2 Å². The normalized spacial score (nSPS) is 31.6. The number of rotatable bonds is 3. The van der Waals surface area contributed by atoms with Crippen LogP contribution in [-0.2, 0) is 9.59 Å². The number of piperidine rings is 2. The Morgan fingerprint density at radius 1 is 1.04 bits per heavy atom. The number of anilines is 1. The van der Waals surface area contributed by atoms with E-state index in [1.54, 1.807) is 0 Å². The van der Waals surface area contributed by atoms with Gasteiger partial charge in [-0.25, -0.2) is 0 Å². The van der Waals surface area contributed by atoms with Gasteiger partial charge in [-0.3, -0.25) is 14.9 Å². The Bertz CT molecular complexity index is 574. The van der Waals surface area contributed by atoms with Gasteiger partial charge in [0.1, 0.15) is 6.04 Å². The first-order valence-electron chi connectivity index (χ1n) is 8.47. The number of amides is 2. The van der Waals surface area contributed by atoms with Crippen LogP contribution in [0, 0.1) is 0 Å². The molecule has 0 spiro atoms. The van der Waals surface area contributed by atoms with Crippen molar-refractivity contribution in [2.45, 2.75) is 63.6 Å². The zero-order chi connectivity index (χ0) is 16.4. The molecule has 23 heavy (non-hydrogen) atoms. The summed E-state index contributed by atoms with van der Waals surface area (Å²) in [6, 6.07) is 9.16. The maximum atomic E-state index is 11.8. The highest BCUT2D eigenvalue weighted by atomic mass is 16.2. The molecular weight excluding hydrogens is 290 g/mol. The van der Waals surface area contributed by atoms with Gasteiger partial charge in [-0.05, 0) is 56.7 Å². The minimum Gasteiger partial charge on any atom is -0.374 e. The Labute approximate surface area is 137 Å². The molecule has 2 unspecified atom stereocenters. The maximum Gasteiger partial charge on any atom is 0.249 e. The third-order valence-corrected chi connectivity index (χ3v) is 4.81. The molecule has 5 nitrogen and oxygen atoms in total. The van der Waals surface area contributed by atoms with Crippen LogP contribution < -0.4 is 16.0 Å². The first-order valence-corrected chi connectivity index (χ1v) is 8.47. The van der Waals surface area contributed by atoms with Crippen LogP contribution >= 0.6 is 0 Å². The highest BCUT2D eigenvalue weighted by molar-refractivity contribution is 6.01. The lowest BCUT2D eigenvalue weighted by atomic mass is 9.84. The number of carbonyl (C=O) groups is 2. The average Bonchev–Trinajstić information content (AvgIpc) is 2.50. The van der Waals surface area contributed by atoms with E-state index >= 15 is 0 Å². The fourth-order valence-corrected chi connectivity index (χ4v) is 3.73. The molecule has 1 aromatic carbocycles. The van der Waals surface area contributed by atoms with Gasteiger partial charge in [-0.15, -0.1) is 0 Å². The van der Waals surface area contributed by atoms with Crippen molar-refractivity contribution < 1.29 is 9.59 Å². The molecule has 3 N–H and O–H groups in total. The van der Waals surface area contributed by atoms with Crippen LogP contribution in [0.5, 0.6) is 0 Å². The summed E-state index contributed by atoms with van der Waals surface area (Å²) < 4.78 is 0. The molecule has 2 aliphatic rings. The quantitative estimate of drug-likeness (QED) is 0.748. The molecule has 0 saturated carbocycles. The van der Waals surface area contributed by atoms with Crippen molar-refractivity contribution in [1.82, 2.24) is 10.6 Å². The van der Waals surface area contributed by atoms with Gasteiger partial charge < -0.3 is 10.6 Å². The lowest BCUT2D eigenvalue weighted by Crippen LogP contribution is -2.47. The SMILES string of the molecule is C[C@@H]1CC(c2ccc(NC3CCC(=O)NC3=O)cc2)C[C@H](C)N1. The lowest BCUT2D eigenvalue weighted by molar-refractivity contribution is -0.133. The zero-order valence-electron chi connectivity index (χ0n) is 13.8. The van der Waals surface area contributed by atoms with Crippen LogP contribution in [-0.4, -0.2) is 29.9 Å². The van der Waals surface area contributed by atoms with Crippen molar-refractivity contribution in [1.29, 1.82) is 0 Å². The van der Waals surface area contributed by atoms with Gasteiger partial charge in [0.05, 0.1) is 0 Å². The second-order valence-corrected chi connectivity index (χ2v) is 6.91. The van der Waals surface area contributed by atoms with Crippen molar-refractivity contribution in [2.75, 3.05) is 5.32 Å². The number of benzene rings is 1. The van der Waals surface area contributed by atoms with Crippen LogP contribution in [0.4, 0.5) is 5.69 Å². The Kier molecular flexibility index (Phi) is 4.66. The second-order valence-electron chi connectivity index (χ2n) is 6.91. The Balaban J connectivity index is 1.63. The van der Waals surface area contributed by atoms with Gasteiger partial charge in [0.15, 0.2) is 0 Å². The summed E-state index contributed by atoms with van der Waals surface area (Å²) in [5.41, 5.74) is 2.29. The molecule has 0 bridgehead atoms. The predicted octanol–water partition coefficient (Wildman–Crippen LogP) is 2.15. The number of hydrogen-bond donors (Lipinski definition) is 3. The van der Waals surface area contributed by atoms with E-state index in [-0.39, 0.29) is 17.9 Å². The Morgan fingerprint density at radius 3 is 2.30 bits per heavy atom. The number of imide groups is 1. The van der Waals surface area contributed by atoms with Crippen molar-refractivity contribution in [3.63, 3.8) is 0 Å². The third kappa shape index (κ3) is 3.91. The molecule has 1 aromatic rings. The first kappa shape index (κ1) is 16.0. The zero-order valence-corrected chi connectivity index (χ0v) is 13.8. The monoisotopic (exact) mass is 315 g/mol. The van der Waals surface area contributed by atoms with Gasteiger partial charge >= 0.3 is 0 Å². The summed E-state index contributed by atoms with van der Waals surface area (Å²) in [5.74, 6) is 0.176. The van der Waals surface area contributed by atoms with Gasteiger partial charge in [-0.2, -0.15) is 0 Å². The van der Waals surface area contributed by atoms with Gasteiger partial charge in [0.2, 0.25) is 11.8 Å². The molecule has 5 heteroatoms. The van der Waals surface area contributed by atoms with Crippen LogP contribution in [0.25, 0.3) is 0 Å². The molecule has 0 aliphatic carbocycles. The largest absolute Gasteiger partial charge is 0.374 e. The van der Waals surface area contributed by atoms with Crippen LogP contribution in [0.3, 0.4) is 0 Å². The van der Waals surface area contributed by atoms with Gasteiger partial charge in [0, 0.05) is 24.2 Å². The summed E-state index contributed by atoms with van der Waals surface area (Å²) in [6.07, 6.45) is 3.26. The summed E-state index contributed by atoms with van der Waals surface area (Å²) >= 11 is 0. The van der Waals surface area contributed by atoms with E-state index in [0.717, 1.165) is 18.5 Å². The van der Waals surface area contributed by atoms with Crippen LogP contribution in [0.1, 0.15) is 51.0 Å². The van der Waals surface area contributed by atoms with E-state index in [4.69, 9.17) is 0 Å². The standard InChI is InChI=1S/C18H25N3O2/c1-11-9-14(10-12(2)19-11)13-3-5-15(6-4-13)20-16-7-8-17(22)21-18(16)23/h3-6,11-12,14,16,19-20H,7-10H2,1-2H3,(H,21,22,23)/t11-,12+,14?,16?. The number of carbonyl (C=O) groups excluding carboxylic acids is 2. The fourth-order valence-electron chi connectivity index (χ4n) is 3.73. The minimum atomic E-state index is -0.322. The molecule has 0 radical (unpaired) electrons. The summed E-state index contributed by atoms with van der Waals surface area (Å²) in [7, 11) is 0. The van der Waals surface area contributed by atoms with E-state index in [9.17, 15) is 9.59 Å². The van der Waals surface area contributed by atoms with Crippen molar-refractivity contribution in [2.24, 2.45) is 0 Å². The molecule has 2 amide bonds. The van der Waals surface area contributed by atoms with Crippen LogP contribution in [0.15, 0.2) is 24.3 Å². The summed E-state index contributed by atoms with van der Waals surface area (Å²) in [5, 5.41) is 9.17. The van der Waals surface area contributed by atoms with Crippen molar-refractivity contribution >= 4 is 17.5 Å². The highest BCUT2D eigenvalue weighted by Gasteiger charge is 2.27. The van der Waals surface area contributed by atoms with E-state index in [1.807, 2.05) is 12.1 Å². The molecule has 3 rings (SSSR count). The number of hydrogen-bond acceptors (Lipinski definition) is 4. The van der Waals surface area contributed by atoms with Crippen LogP contribution in [0.2, 0.25) is 0 Å². The summed E-state index contributed by atoms with van der Waals surface area (Å²) in [6.45, 7) is 4.48. The molecule has 2 heterocycles. The second kappa shape index (κ2) is 6.71. The molecule has 2 aliphatic heterocycles. The first-order chi connectivity index (χ1) is 11.0. The molecule has 4 atom stereocenters. The maximum absolute atomic E-state index is 11.8. The lowest BCUT2D eigenvalue weighted by Gasteiger charge is -2.33. The van der Waals surface area contributed by atoms with Crippen molar-refractivity contribution in [3.05, 3.63) is 29.8 Å². The average molecular weight is 315 g/mol. The van der Waals surface area contributed by atoms with Gasteiger partial charge in [0.25, 0.3) is 0 Å². The summed E-state index contributed by atoms with van der Waals surface area (Å²) in [4.78, 5) is 23.0.